The van der Waals surface area contributed by atoms with Crippen LogP contribution in [0, 0.1) is 46.3 Å². The summed E-state index contributed by atoms with van der Waals surface area (Å²) in [4.78, 5) is 25.2. The molecular weight excluding hydrogens is 496 g/mol. The number of hydrogen-bond acceptors (Lipinski definition) is 4. The van der Waals surface area contributed by atoms with Crippen LogP contribution in [-0.4, -0.2) is 24.1 Å². The highest BCUT2D eigenvalue weighted by Gasteiger charge is 2.62. The molecule has 0 unspecified atom stereocenters. The number of carbonyl (C=O) groups excluding carboxylic acids is 2. The molecule has 0 bridgehead atoms. The van der Waals surface area contributed by atoms with Gasteiger partial charge in [-0.3, -0.25) is 4.79 Å². The number of ether oxygens (including phenoxy) is 2. The van der Waals surface area contributed by atoms with Crippen molar-refractivity contribution in [3.8, 4) is 0 Å². The molecule has 9 atom stereocenters. The molecule has 3 fully saturated rings. The Balaban J connectivity index is 1.45. The van der Waals surface area contributed by atoms with Gasteiger partial charge in [0.25, 0.3) is 0 Å². The minimum Gasteiger partial charge on any atom is -0.462 e. The fourth-order valence-corrected chi connectivity index (χ4v) is 9.83. The molecule has 220 valence electrons. The second-order valence-electron chi connectivity index (χ2n) is 14.6. The van der Waals surface area contributed by atoms with Gasteiger partial charge in [0.15, 0.2) is 0 Å². The third kappa shape index (κ3) is 5.53. The Bertz CT molecular complexity index is 1090. The maximum absolute atomic E-state index is 13.4. The summed E-state index contributed by atoms with van der Waals surface area (Å²) in [5, 5.41) is 0. The summed E-state index contributed by atoms with van der Waals surface area (Å²) in [5.41, 5.74) is 2.34. The van der Waals surface area contributed by atoms with Crippen LogP contribution in [0.5, 0.6) is 0 Å². The molecule has 3 saturated carbocycles. The molecule has 5 rings (SSSR count). The summed E-state index contributed by atoms with van der Waals surface area (Å²) in [5.74, 6) is 3.23. The lowest BCUT2D eigenvalue weighted by molar-refractivity contribution is -0.149. The average Bonchev–Trinajstić information content (AvgIpc) is 3.26. The Kier molecular flexibility index (Phi) is 8.56. The van der Waals surface area contributed by atoms with Crippen molar-refractivity contribution < 1.29 is 19.1 Å². The summed E-state index contributed by atoms with van der Waals surface area (Å²) in [6, 6.07) is 9.45. The Labute approximate surface area is 242 Å². The third-order valence-corrected chi connectivity index (χ3v) is 11.8. The first-order valence-corrected chi connectivity index (χ1v) is 16.2. The highest BCUT2D eigenvalue weighted by atomic mass is 16.5. The lowest BCUT2D eigenvalue weighted by Crippen LogP contribution is -2.55. The van der Waals surface area contributed by atoms with E-state index in [1.165, 1.54) is 57.4 Å². The van der Waals surface area contributed by atoms with E-state index < -0.39 is 0 Å². The normalized spacial score (nSPS) is 37.5. The fourth-order valence-electron chi connectivity index (χ4n) is 9.83. The zero-order valence-electron chi connectivity index (χ0n) is 25.8. The van der Waals surface area contributed by atoms with E-state index >= 15 is 0 Å². The second kappa shape index (κ2) is 11.6. The molecule has 0 aliphatic heterocycles. The first-order valence-electron chi connectivity index (χ1n) is 16.2. The molecule has 0 heterocycles. The third-order valence-electron chi connectivity index (χ3n) is 11.8. The molecule has 1 aromatic rings. The van der Waals surface area contributed by atoms with Crippen molar-refractivity contribution in [1.29, 1.82) is 0 Å². The Morgan fingerprint density at radius 1 is 0.925 bits per heavy atom. The van der Waals surface area contributed by atoms with Gasteiger partial charge in [-0.1, -0.05) is 77.7 Å². The summed E-state index contributed by atoms with van der Waals surface area (Å²) >= 11 is 0. The van der Waals surface area contributed by atoms with Gasteiger partial charge in [-0.2, -0.15) is 0 Å². The van der Waals surface area contributed by atoms with Crippen LogP contribution in [-0.2, 0) is 14.3 Å². The van der Waals surface area contributed by atoms with Gasteiger partial charge in [0.1, 0.15) is 12.2 Å². The number of hydrogen-bond donors (Lipinski definition) is 0. The molecule has 4 nitrogen and oxygen atoms in total. The Morgan fingerprint density at radius 3 is 2.38 bits per heavy atom. The number of fused-ring (bicyclic) bond motifs is 5. The van der Waals surface area contributed by atoms with Crippen molar-refractivity contribution in [3.05, 3.63) is 47.5 Å². The van der Waals surface area contributed by atoms with Crippen LogP contribution in [0.25, 0.3) is 0 Å². The van der Waals surface area contributed by atoms with Crippen LogP contribution in [0.4, 0.5) is 0 Å². The molecule has 4 heteroatoms. The van der Waals surface area contributed by atoms with Crippen molar-refractivity contribution >= 4 is 11.9 Å². The minimum atomic E-state index is -0.225. The Morgan fingerprint density at radius 2 is 1.68 bits per heavy atom. The first-order chi connectivity index (χ1) is 19.0. The highest BCUT2D eigenvalue weighted by molar-refractivity contribution is 5.89. The molecule has 40 heavy (non-hydrogen) atoms. The quantitative estimate of drug-likeness (QED) is 0.241. The molecule has 0 spiro atoms. The standard InChI is InChI=1S/C36H52O4/c1-23(2)11-10-12-24(3)29-15-16-30-33-31(18-20-36(29,30)6)35(5)19-17-28(39-25(4)37)21-27(35)22-32(33)40-34(38)26-13-8-7-9-14-26/h7-9,13-14,22-24,28-33H,10-12,15-21H2,1-6H3/t24-,28-,29-,30+,31+,32-,33+,35+,36-/m1/s1. The number of rotatable bonds is 8. The molecule has 4 aliphatic rings. The fraction of sp³-hybridized carbons (Fsp3) is 0.722. The zero-order chi connectivity index (χ0) is 28.7. The van der Waals surface area contributed by atoms with E-state index in [1.807, 2.05) is 30.3 Å². The molecule has 0 N–H and O–H groups in total. The van der Waals surface area contributed by atoms with Gasteiger partial charge in [-0.25, -0.2) is 4.79 Å². The van der Waals surface area contributed by atoms with Crippen molar-refractivity contribution in [3.63, 3.8) is 0 Å². The topological polar surface area (TPSA) is 52.6 Å². The predicted octanol–water partition coefficient (Wildman–Crippen LogP) is 8.80. The molecule has 0 saturated heterocycles. The van der Waals surface area contributed by atoms with E-state index in [0.29, 0.717) is 28.7 Å². The molecular formula is C36H52O4. The van der Waals surface area contributed by atoms with E-state index in [9.17, 15) is 9.59 Å². The van der Waals surface area contributed by atoms with E-state index in [2.05, 4.69) is 40.7 Å². The SMILES string of the molecule is CC(=O)O[C@@H]1CC[C@@]2(C)C(=C[C@@H](OC(=O)c3ccccc3)[C@H]3[C@@H]4CC[C@H]([C@H](C)CCCC(C)C)[C@@]4(C)CC[C@@H]32)C1. The van der Waals surface area contributed by atoms with Gasteiger partial charge in [-0.15, -0.1) is 0 Å². The van der Waals surface area contributed by atoms with Gasteiger partial charge in [-0.05, 0) is 97.2 Å². The summed E-state index contributed by atoms with van der Waals surface area (Å²) in [7, 11) is 0. The molecule has 0 amide bonds. The molecule has 0 aromatic heterocycles. The second-order valence-corrected chi connectivity index (χ2v) is 14.6. The summed E-state index contributed by atoms with van der Waals surface area (Å²) < 4.78 is 12.2. The zero-order valence-corrected chi connectivity index (χ0v) is 25.8. The van der Waals surface area contributed by atoms with E-state index in [-0.39, 0.29) is 29.6 Å². The van der Waals surface area contributed by atoms with E-state index in [1.54, 1.807) is 0 Å². The summed E-state index contributed by atoms with van der Waals surface area (Å²) in [6.45, 7) is 13.7. The van der Waals surface area contributed by atoms with Crippen LogP contribution in [0.1, 0.15) is 116 Å². The number of esters is 2. The van der Waals surface area contributed by atoms with Gasteiger partial charge in [0.05, 0.1) is 5.56 Å². The van der Waals surface area contributed by atoms with Crippen molar-refractivity contribution in [1.82, 2.24) is 0 Å². The molecule has 4 aliphatic carbocycles. The van der Waals surface area contributed by atoms with Gasteiger partial charge >= 0.3 is 11.9 Å². The highest BCUT2D eigenvalue weighted by Crippen LogP contribution is 2.67. The van der Waals surface area contributed by atoms with Crippen LogP contribution in [0.3, 0.4) is 0 Å². The average molecular weight is 549 g/mol. The lowest BCUT2D eigenvalue weighted by atomic mass is 9.46. The van der Waals surface area contributed by atoms with Crippen molar-refractivity contribution in [2.24, 2.45) is 46.3 Å². The van der Waals surface area contributed by atoms with Gasteiger partial charge in [0, 0.05) is 19.3 Å². The Hall–Kier alpha value is -2.10. The van der Waals surface area contributed by atoms with Crippen molar-refractivity contribution in [2.45, 2.75) is 118 Å². The number of benzene rings is 1. The molecule has 0 radical (unpaired) electrons. The van der Waals surface area contributed by atoms with E-state index in [0.717, 1.165) is 37.0 Å². The van der Waals surface area contributed by atoms with Crippen LogP contribution in [0.15, 0.2) is 42.0 Å². The first kappa shape index (κ1) is 29.4. The van der Waals surface area contributed by atoms with E-state index in [4.69, 9.17) is 9.47 Å². The minimum absolute atomic E-state index is 0.0738. The van der Waals surface area contributed by atoms with Crippen LogP contribution in [0.2, 0.25) is 0 Å². The predicted molar refractivity (Wildman–Crippen MR) is 160 cm³/mol. The molecule has 1 aromatic carbocycles. The monoisotopic (exact) mass is 548 g/mol. The van der Waals surface area contributed by atoms with Gasteiger partial charge < -0.3 is 9.47 Å². The van der Waals surface area contributed by atoms with Gasteiger partial charge in [0.2, 0.25) is 0 Å². The van der Waals surface area contributed by atoms with Crippen molar-refractivity contribution in [2.75, 3.05) is 0 Å². The lowest BCUT2D eigenvalue weighted by Gasteiger charge is -2.59. The van der Waals surface area contributed by atoms with Crippen LogP contribution < -0.4 is 0 Å². The van der Waals surface area contributed by atoms with Crippen LogP contribution >= 0.6 is 0 Å². The maximum atomic E-state index is 13.4. The largest absolute Gasteiger partial charge is 0.462 e. The number of carbonyl (C=O) groups is 2. The summed E-state index contributed by atoms with van der Waals surface area (Å²) in [6.07, 6.45) is 13.7. The smallest absolute Gasteiger partial charge is 0.338 e. The maximum Gasteiger partial charge on any atom is 0.338 e.